The van der Waals surface area contributed by atoms with Crippen molar-refractivity contribution in [3.05, 3.63) is 5.01 Å². The van der Waals surface area contributed by atoms with Crippen LogP contribution < -0.4 is 4.90 Å². The van der Waals surface area contributed by atoms with Gasteiger partial charge in [-0.15, -0.1) is 10.2 Å². The molecule has 0 bridgehead atoms. The minimum Gasteiger partial charge on any atom is -0.389 e. The lowest BCUT2D eigenvalue weighted by molar-refractivity contribution is -0.138. The summed E-state index contributed by atoms with van der Waals surface area (Å²) in [7, 11) is 0. The summed E-state index contributed by atoms with van der Waals surface area (Å²) < 4.78 is 37.6. The van der Waals surface area contributed by atoms with E-state index in [0.717, 1.165) is 25.7 Å². The Labute approximate surface area is 118 Å². The van der Waals surface area contributed by atoms with Crippen LogP contribution in [0.1, 0.15) is 37.1 Å². The summed E-state index contributed by atoms with van der Waals surface area (Å²) in [6.45, 7) is 1.11. The molecule has 3 rings (SSSR count). The van der Waals surface area contributed by atoms with Crippen LogP contribution in [0, 0.1) is 5.92 Å². The van der Waals surface area contributed by atoms with E-state index in [0.29, 0.717) is 36.0 Å². The summed E-state index contributed by atoms with van der Waals surface area (Å²) in [4.78, 5) is 1.83. The molecular formula is C12H16F3N3OS. The highest BCUT2D eigenvalue weighted by Gasteiger charge is 2.44. The van der Waals surface area contributed by atoms with Crippen LogP contribution in [0.4, 0.5) is 18.3 Å². The van der Waals surface area contributed by atoms with Gasteiger partial charge in [-0.2, -0.15) is 13.2 Å². The number of halogens is 3. The number of anilines is 1. The molecular weight excluding hydrogens is 291 g/mol. The molecule has 0 spiro atoms. The zero-order valence-electron chi connectivity index (χ0n) is 10.9. The molecule has 8 heteroatoms. The van der Waals surface area contributed by atoms with Crippen molar-refractivity contribution in [3.8, 4) is 0 Å². The highest BCUT2D eigenvalue weighted by atomic mass is 32.1. The second-order valence-electron chi connectivity index (χ2n) is 5.63. The molecule has 112 valence electrons. The molecule has 0 amide bonds. The number of aromatic nitrogens is 2. The molecule has 2 heterocycles. The van der Waals surface area contributed by atoms with Crippen LogP contribution in [0.5, 0.6) is 0 Å². The van der Waals surface area contributed by atoms with Gasteiger partial charge in [0, 0.05) is 19.0 Å². The van der Waals surface area contributed by atoms with E-state index in [2.05, 4.69) is 10.2 Å². The number of fused-ring (bicyclic) bond motifs is 1. The molecule has 1 aliphatic carbocycles. The first-order chi connectivity index (χ1) is 9.38. The van der Waals surface area contributed by atoms with Gasteiger partial charge < -0.3 is 10.0 Å². The number of rotatable bonds is 1. The molecule has 2 fully saturated rings. The number of hydrogen-bond acceptors (Lipinski definition) is 5. The second-order valence-corrected chi connectivity index (χ2v) is 6.59. The summed E-state index contributed by atoms with van der Waals surface area (Å²) in [5.74, 6) is 0.128. The molecule has 2 unspecified atom stereocenters. The molecule has 20 heavy (non-hydrogen) atoms. The van der Waals surface area contributed by atoms with Crippen molar-refractivity contribution in [2.75, 3.05) is 18.0 Å². The maximum absolute atomic E-state index is 12.5. The number of hydrogen-bond donors (Lipinski definition) is 1. The van der Waals surface area contributed by atoms with Gasteiger partial charge in [-0.1, -0.05) is 24.2 Å². The first-order valence-electron chi connectivity index (χ1n) is 6.76. The Bertz CT molecular complexity index is 493. The molecule has 1 aromatic heterocycles. The summed E-state index contributed by atoms with van der Waals surface area (Å²) in [6, 6.07) is 0. The van der Waals surface area contributed by atoms with Gasteiger partial charge in [-0.05, 0) is 19.3 Å². The predicted octanol–water partition coefficient (Wildman–Crippen LogP) is 2.69. The Hall–Kier alpha value is -0.890. The average Bonchev–Trinajstić information content (AvgIpc) is 2.87. The Morgan fingerprint density at radius 3 is 2.75 bits per heavy atom. The lowest BCUT2D eigenvalue weighted by atomic mass is 9.71. The summed E-state index contributed by atoms with van der Waals surface area (Å²) in [5.41, 5.74) is -0.633. The molecule has 0 aromatic carbocycles. The van der Waals surface area contributed by atoms with Crippen molar-refractivity contribution in [2.45, 2.75) is 43.9 Å². The van der Waals surface area contributed by atoms with Gasteiger partial charge in [0.25, 0.3) is 0 Å². The van der Waals surface area contributed by atoms with Crippen molar-refractivity contribution in [2.24, 2.45) is 5.92 Å². The largest absolute Gasteiger partial charge is 0.445 e. The fraction of sp³-hybridized carbons (Fsp3) is 0.833. The van der Waals surface area contributed by atoms with Gasteiger partial charge in [0.05, 0.1) is 5.60 Å². The minimum atomic E-state index is -4.43. The van der Waals surface area contributed by atoms with Crippen molar-refractivity contribution < 1.29 is 18.3 Å². The van der Waals surface area contributed by atoms with E-state index in [-0.39, 0.29) is 5.92 Å². The molecule has 1 saturated heterocycles. The van der Waals surface area contributed by atoms with E-state index in [4.69, 9.17) is 0 Å². The maximum Gasteiger partial charge on any atom is 0.445 e. The lowest BCUT2D eigenvalue weighted by Gasteiger charge is -2.47. The van der Waals surface area contributed by atoms with E-state index in [9.17, 15) is 18.3 Å². The number of nitrogens with zero attached hydrogens (tertiary/aromatic N) is 3. The fourth-order valence-electron chi connectivity index (χ4n) is 3.20. The van der Waals surface area contributed by atoms with E-state index < -0.39 is 16.8 Å². The Morgan fingerprint density at radius 2 is 2.05 bits per heavy atom. The van der Waals surface area contributed by atoms with Crippen LogP contribution >= 0.6 is 11.3 Å². The molecule has 2 atom stereocenters. The summed E-state index contributed by atoms with van der Waals surface area (Å²) in [6.07, 6.45) is -0.00198. The highest BCUT2D eigenvalue weighted by molar-refractivity contribution is 7.15. The smallest absolute Gasteiger partial charge is 0.389 e. The molecule has 1 saturated carbocycles. The van der Waals surface area contributed by atoms with Gasteiger partial charge in [-0.3, -0.25) is 0 Å². The summed E-state index contributed by atoms with van der Waals surface area (Å²) >= 11 is 0.582. The number of alkyl halides is 3. The topological polar surface area (TPSA) is 49.2 Å². The van der Waals surface area contributed by atoms with Crippen LogP contribution in [0.2, 0.25) is 0 Å². The van der Waals surface area contributed by atoms with Crippen LogP contribution in [-0.2, 0) is 6.18 Å². The molecule has 4 nitrogen and oxygen atoms in total. The zero-order chi connectivity index (χ0) is 14.4. The minimum absolute atomic E-state index is 0.128. The number of piperidine rings is 1. The average molecular weight is 307 g/mol. The third-order valence-corrected chi connectivity index (χ3v) is 5.38. The zero-order valence-corrected chi connectivity index (χ0v) is 11.7. The van der Waals surface area contributed by atoms with Crippen molar-refractivity contribution >= 4 is 16.5 Å². The van der Waals surface area contributed by atoms with Crippen LogP contribution in [0.3, 0.4) is 0 Å². The monoisotopic (exact) mass is 307 g/mol. The van der Waals surface area contributed by atoms with Crippen LogP contribution in [0.15, 0.2) is 0 Å². The maximum atomic E-state index is 12.5. The Kier molecular flexibility index (Phi) is 3.40. The van der Waals surface area contributed by atoms with E-state index in [1.807, 2.05) is 4.90 Å². The molecule has 2 aliphatic rings. The summed E-state index contributed by atoms with van der Waals surface area (Å²) in [5, 5.41) is 16.8. The molecule has 1 N–H and O–H groups in total. The highest BCUT2D eigenvalue weighted by Crippen LogP contribution is 2.42. The van der Waals surface area contributed by atoms with E-state index in [1.165, 1.54) is 0 Å². The van der Waals surface area contributed by atoms with Gasteiger partial charge in [0.2, 0.25) is 10.1 Å². The molecule has 1 aliphatic heterocycles. The normalized spacial score (nSPS) is 31.2. The van der Waals surface area contributed by atoms with Gasteiger partial charge in [0.15, 0.2) is 0 Å². The number of aliphatic hydroxyl groups is 1. The SMILES string of the molecule is OC12CCCCC1CN(c1nnc(C(F)(F)F)s1)CC2. The quantitative estimate of drug-likeness (QED) is 0.866. The van der Waals surface area contributed by atoms with Crippen LogP contribution in [-0.4, -0.2) is 34.0 Å². The standard InChI is InChI=1S/C12H16F3N3OS/c13-12(14,15)9-16-17-10(20-9)18-6-5-11(19)4-2-1-3-8(11)7-18/h8,19H,1-7H2. The van der Waals surface area contributed by atoms with E-state index in [1.54, 1.807) is 0 Å². The third-order valence-electron chi connectivity index (χ3n) is 4.35. The molecule has 0 radical (unpaired) electrons. The fourth-order valence-corrected chi connectivity index (χ4v) is 3.95. The Morgan fingerprint density at radius 1 is 1.25 bits per heavy atom. The van der Waals surface area contributed by atoms with Crippen LogP contribution in [0.25, 0.3) is 0 Å². The molecule has 1 aromatic rings. The first-order valence-corrected chi connectivity index (χ1v) is 7.58. The van der Waals surface area contributed by atoms with Crippen molar-refractivity contribution in [1.82, 2.24) is 10.2 Å². The van der Waals surface area contributed by atoms with E-state index >= 15 is 0 Å². The second kappa shape index (κ2) is 4.84. The van der Waals surface area contributed by atoms with Gasteiger partial charge >= 0.3 is 6.18 Å². The predicted molar refractivity (Wildman–Crippen MR) is 68.6 cm³/mol. The Balaban J connectivity index is 1.74. The third kappa shape index (κ3) is 2.50. The van der Waals surface area contributed by atoms with Crippen molar-refractivity contribution in [3.63, 3.8) is 0 Å². The van der Waals surface area contributed by atoms with Gasteiger partial charge in [0.1, 0.15) is 0 Å². The first kappa shape index (κ1) is 14.1. The van der Waals surface area contributed by atoms with Gasteiger partial charge in [-0.25, -0.2) is 0 Å². The lowest BCUT2D eigenvalue weighted by Crippen LogP contribution is -2.53. The van der Waals surface area contributed by atoms with Crippen molar-refractivity contribution in [1.29, 1.82) is 0 Å².